The van der Waals surface area contributed by atoms with Crippen molar-refractivity contribution in [2.24, 2.45) is 4.40 Å². The molecule has 0 atom stereocenters. The molecule has 0 aliphatic heterocycles. The zero-order chi connectivity index (χ0) is 20.2. The minimum Gasteiger partial charge on any atom is -0.845 e. The van der Waals surface area contributed by atoms with Crippen molar-refractivity contribution in [3.8, 4) is 0 Å². The maximum atomic E-state index is 12.6. The zero-order valence-electron chi connectivity index (χ0n) is 17.0. The lowest BCUT2D eigenvalue weighted by atomic mass is 9.95. The molecule has 0 amide bonds. The zero-order valence-corrected chi connectivity index (χ0v) is 17.8. The molecule has 0 bridgehead atoms. The SMILES string of the molecule is O=C1CCCc2cn(S(=O)(=O)/N=C(\[O-])Nc3c4c(cc5c3CCC5)CCC4)cc21.[NH4+]. The molecule has 1 aromatic heterocycles. The average molecular weight is 431 g/mol. The first kappa shape index (κ1) is 20.6. The third-order valence-corrected chi connectivity index (χ3v) is 7.35. The van der Waals surface area contributed by atoms with Gasteiger partial charge in [0.05, 0.1) is 6.02 Å². The summed E-state index contributed by atoms with van der Waals surface area (Å²) in [6.07, 6.45) is 10.3. The predicted octanol–water partition coefficient (Wildman–Crippen LogP) is 2.28. The van der Waals surface area contributed by atoms with Crippen LogP contribution < -0.4 is 16.6 Å². The van der Waals surface area contributed by atoms with E-state index in [1.807, 2.05) is 0 Å². The van der Waals surface area contributed by atoms with Gasteiger partial charge in [0.25, 0.3) is 0 Å². The Labute approximate surface area is 175 Å². The summed E-state index contributed by atoms with van der Waals surface area (Å²) in [5.74, 6) is -0.0694. The van der Waals surface area contributed by atoms with Crippen LogP contribution in [-0.2, 0) is 42.3 Å². The fourth-order valence-electron chi connectivity index (χ4n) is 4.88. The molecule has 3 aliphatic carbocycles. The van der Waals surface area contributed by atoms with Crippen molar-refractivity contribution in [3.05, 3.63) is 51.8 Å². The van der Waals surface area contributed by atoms with Crippen LogP contribution in [0.2, 0.25) is 0 Å². The first-order chi connectivity index (χ1) is 13.9. The Balaban J connectivity index is 0.00000218. The number of aryl methyl sites for hydroxylation is 3. The third-order valence-electron chi connectivity index (χ3n) is 6.21. The highest BCUT2D eigenvalue weighted by Gasteiger charge is 2.25. The monoisotopic (exact) mass is 430 g/mol. The number of hydrogen-bond acceptors (Lipinski definition) is 4. The molecule has 0 spiro atoms. The van der Waals surface area contributed by atoms with Gasteiger partial charge in [0.15, 0.2) is 5.78 Å². The highest BCUT2D eigenvalue weighted by Crippen LogP contribution is 2.38. The molecule has 160 valence electrons. The molecular formula is C21H26N4O4S. The molecule has 0 saturated heterocycles. The van der Waals surface area contributed by atoms with Crippen LogP contribution in [0.15, 0.2) is 22.9 Å². The van der Waals surface area contributed by atoms with Crippen molar-refractivity contribution in [1.29, 1.82) is 0 Å². The Hall–Kier alpha value is -2.65. The second kappa shape index (κ2) is 7.55. The average Bonchev–Trinajstić information content (AvgIpc) is 3.40. The summed E-state index contributed by atoms with van der Waals surface area (Å²) in [5.41, 5.74) is 6.61. The van der Waals surface area contributed by atoms with E-state index >= 15 is 0 Å². The van der Waals surface area contributed by atoms with Crippen LogP contribution in [0.5, 0.6) is 0 Å². The normalized spacial score (nSPS) is 17.9. The van der Waals surface area contributed by atoms with Crippen molar-refractivity contribution in [2.75, 3.05) is 5.32 Å². The largest absolute Gasteiger partial charge is 0.845 e. The number of carbonyl (C=O) groups is 1. The number of ketones is 1. The molecule has 0 saturated carbocycles. The maximum Gasteiger partial charge on any atom is 0.348 e. The minimum atomic E-state index is -4.25. The van der Waals surface area contributed by atoms with E-state index in [-0.39, 0.29) is 11.9 Å². The van der Waals surface area contributed by atoms with E-state index in [2.05, 4.69) is 15.8 Å². The number of quaternary nitrogens is 1. The Morgan fingerprint density at radius 1 is 0.933 bits per heavy atom. The molecule has 3 aliphatic rings. The summed E-state index contributed by atoms with van der Waals surface area (Å²) in [7, 11) is -4.25. The van der Waals surface area contributed by atoms with Gasteiger partial charge in [-0.05, 0) is 79.2 Å². The van der Waals surface area contributed by atoms with Gasteiger partial charge in [0.2, 0.25) is 0 Å². The second-order valence-corrected chi connectivity index (χ2v) is 9.54. The quantitative estimate of drug-likeness (QED) is 0.568. The van der Waals surface area contributed by atoms with Crippen LogP contribution >= 0.6 is 0 Å². The molecule has 30 heavy (non-hydrogen) atoms. The number of Topliss-reactive ketones (excluding diaryl/α,β-unsaturated/α-hetero) is 1. The number of hydrogen-bond donors (Lipinski definition) is 2. The molecule has 2 aromatic rings. The third kappa shape index (κ3) is 3.41. The Kier molecular flexibility index (Phi) is 5.19. The second-order valence-electron chi connectivity index (χ2n) is 8.04. The van der Waals surface area contributed by atoms with E-state index in [1.165, 1.54) is 23.5 Å². The molecule has 5 rings (SSSR count). The summed E-state index contributed by atoms with van der Waals surface area (Å²) in [4.78, 5) is 12.0. The van der Waals surface area contributed by atoms with Crippen molar-refractivity contribution in [2.45, 2.75) is 57.8 Å². The van der Waals surface area contributed by atoms with Crippen molar-refractivity contribution in [3.63, 3.8) is 0 Å². The first-order valence-electron chi connectivity index (χ1n) is 10.1. The number of aromatic nitrogens is 1. The molecule has 5 N–H and O–H groups in total. The lowest BCUT2D eigenvalue weighted by molar-refractivity contribution is -0.213. The topological polar surface area (TPSA) is 140 Å². The minimum absolute atomic E-state index is 0. The van der Waals surface area contributed by atoms with Crippen LogP contribution in [0, 0.1) is 0 Å². The van der Waals surface area contributed by atoms with Gasteiger partial charge in [-0.15, -0.1) is 4.40 Å². The molecule has 8 nitrogen and oxygen atoms in total. The number of rotatable bonds is 3. The fourth-order valence-corrected chi connectivity index (χ4v) is 5.73. The van der Waals surface area contributed by atoms with Crippen LogP contribution in [0.3, 0.4) is 0 Å². The van der Waals surface area contributed by atoms with Gasteiger partial charge in [0.1, 0.15) is 0 Å². The van der Waals surface area contributed by atoms with Crippen LogP contribution in [-0.4, -0.2) is 24.2 Å². The number of benzene rings is 1. The van der Waals surface area contributed by atoms with E-state index in [9.17, 15) is 18.3 Å². The van der Waals surface area contributed by atoms with Gasteiger partial charge in [-0.1, -0.05) is 6.07 Å². The van der Waals surface area contributed by atoms with Gasteiger partial charge in [-0.3, -0.25) is 4.79 Å². The molecule has 0 unspecified atom stereocenters. The van der Waals surface area contributed by atoms with E-state index in [0.29, 0.717) is 30.4 Å². The fraction of sp³-hybridized carbons (Fsp3) is 0.429. The van der Waals surface area contributed by atoms with Crippen LogP contribution in [0.25, 0.3) is 0 Å². The molecule has 9 heteroatoms. The molecular weight excluding hydrogens is 404 g/mol. The van der Waals surface area contributed by atoms with Crippen molar-refractivity contribution >= 4 is 27.7 Å². The van der Waals surface area contributed by atoms with Gasteiger partial charge in [0, 0.05) is 30.1 Å². The summed E-state index contributed by atoms with van der Waals surface area (Å²) in [6, 6.07) is 1.35. The number of fused-ring (bicyclic) bond motifs is 3. The van der Waals surface area contributed by atoms with Crippen LogP contribution in [0.4, 0.5) is 5.69 Å². The summed E-state index contributed by atoms with van der Waals surface area (Å²) in [6.45, 7) is 0. The molecule has 0 radical (unpaired) electrons. The number of amidine groups is 1. The lowest BCUT2D eigenvalue weighted by Gasteiger charge is -2.20. The predicted molar refractivity (Wildman–Crippen MR) is 114 cm³/mol. The number of carbonyl (C=O) groups excluding carboxylic acids is 1. The molecule has 0 fully saturated rings. The highest BCUT2D eigenvalue weighted by atomic mass is 32.2. The van der Waals surface area contributed by atoms with Gasteiger partial charge in [-0.2, -0.15) is 8.42 Å². The number of nitrogens with zero attached hydrogens (tertiary/aromatic N) is 2. The smallest absolute Gasteiger partial charge is 0.348 e. The standard InChI is InChI=1S/C21H23N3O4S.H3N/c25-19-9-3-6-15-11-24(12-18(15)19)29(27,28)23-21(26)22-20-16-7-1-4-13(16)10-14-5-2-8-17(14)20;/h10-12H,1-9H2,(H2,22,23,26);1H3. The maximum absolute atomic E-state index is 12.6. The number of anilines is 1. The first-order valence-corrected chi connectivity index (χ1v) is 11.5. The van der Waals surface area contributed by atoms with Gasteiger partial charge < -0.3 is 16.6 Å². The van der Waals surface area contributed by atoms with E-state index in [1.54, 1.807) is 0 Å². The van der Waals surface area contributed by atoms with Gasteiger partial charge in [-0.25, -0.2) is 3.97 Å². The summed E-state index contributed by atoms with van der Waals surface area (Å²) < 4.78 is 29.7. The highest BCUT2D eigenvalue weighted by molar-refractivity contribution is 7.88. The van der Waals surface area contributed by atoms with E-state index in [4.69, 9.17) is 0 Å². The van der Waals surface area contributed by atoms with Crippen molar-refractivity contribution in [1.82, 2.24) is 10.1 Å². The van der Waals surface area contributed by atoms with Crippen LogP contribution in [0.1, 0.15) is 63.9 Å². The Morgan fingerprint density at radius 3 is 2.17 bits per heavy atom. The van der Waals surface area contributed by atoms with Crippen molar-refractivity contribution < 1.29 is 18.3 Å². The van der Waals surface area contributed by atoms with Gasteiger partial charge >= 0.3 is 10.2 Å². The summed E-state index contributed by atoms with van der Waals surface area (Å²) in [5, 5.41) is 15.3. The number of nitrogens with one attached hydrogen (secondary N) is 1. The lowest BCUT2D eigenvalue weighted by Crippen LogP contribution is -2.30. The Morgan fingerprint density at radius 2 is 1.53 bits per heavy atom. The Bertz CT molecular complexity index is 1130. The summed E-state index contributed by atoms with van der Waals surface area (Å²) >= 11 is 0. The van der Waals surface area contributed by atoms with E-state index in [0.717, 1.165) is 59.3 Å². The van der Waals surface area contributed by atoms with E-state index < -0.39 is 16.2 Å². The molecule has 1 aromatic carbocycles. The molecule has 1 heterocycles.